The molecule has 0 radical (unpaired) electrons. The average Bonchev–Trinajstić information content (AvgIpc) is 3.10. The number of anilines is 1. The number of nitro groups is 2. The number of methoxy groups -OCH3 is 1. The summed E-state index contributed by atoms with van der Waals surface area (Å²) >= 11 is 0. The number of ether oxygens (including phenoxy) is 2. The van der Waals surface area contributed by atoms with Crippen molar-refractivity contribution in [3.8, 4) is 17.2 Å². The molecule has 0 saturated heterocycles. The number of benzene rings is 2. The highest BCUT2D eigenvalue weighted by atomic mass is 16.6. The van der Waals surface area contributed by atoms with Crippen LogP contribution in [0.3, 0.4) is 0 Å². The summed E-state index contributed by atoms with van der Waals surface area (Å²) in [6, 6.07) is 10.3. The molecule has 1 aromatic heterocycles. The van der Waals surface area contributed by atoms with Gasteiger partial charge in [-0.15, -0.1) is 0 Å². The maximum atomic E-state index is 12.6. The van der Waals surface area contributed by atoms with Gasteiger partial charge in [-0.1, -0.05) is 12.1 Å². The van der Waals surface area contributed by atoms with Crippen molar-refractivity contribution in [1.82, 2.24) is 9.78 Å². The van der Waals surface area contributed by atoms with E-state index in [2.05, 4.69) is 10.4 Å². The molecule has 154 valence electrons. The predicted molar refractivity (Wildman–Crippen MR) is 104 cm³/mol. The number of nitrogens with one attached hydrogen (secondary N) is 1. The van der Waals surface area contributed by atoms with Gasteiger partial charge in [0, 0.05) is 19.2 Å². The highest BCUT2D eigenvalue weighted by Gasteiger charge is 2.26. The van der Waals surface area contributed by atoms with E-state index in [1.54, 1.807) is 24.3 Å². The molecule has 1 N–H and O–H groups in total. The molecule has 12 nitrogen and oxygen atoms in total. The Labute approximate surface area is 168 Å². The maximum Gasteiger partial charge on any atom is 0.320 e. The molecule has 0 spiro atoms. The summed E-state index contributed by atoms with van der Waals surface area (Å²) in [5, 5.41) is 28.5. The standard InChI is InChI=1S/C18H15N5O7/c1-21-17(14(10-19-21)23(27)28)18(24)20-11-7-12(22(25)26)9-13(8-11)30-16-6-4-3-5-15(16)29-2/h3-10H,1-2H3,(H,20,24). The third kappa shape index (κ3) is 4.16. The maximum absolute atomic E-state index is 12.6. The topological polar surface area (TPSA) is 152 Å². The van der Waals surface area contributed by atoms with Crippen LogP contribution in [0.2, 0.25) is 0 Å². The summed E-state index contributed by atoms with van der Waals surface area (Å²) < 4.78 is 11.9. The predicted octanol–water partition coefficient (Wildman–Crippen LogP) is 3.29. The van der Waals surface area contributed by atoms with E-state index in [1.165, 1.54) is 26.3 Å². The van der Waals surface area contributed by atoms with Crippen LogP contribution in [-0.2, 0) is 7.05 Å². The number of non-ortho nitro benzene ring substituents is 1. The Morgan fingerprint density at radius 2 is 1.80 bits per heavy atom. The van der Waals surface area contributed by atoms with E-state index in [0.29, 0.717) is 11.5 Å². The summed E-state index contributed by atoms with van der Waals surface area (Å²) in [4.78, 5) is 33.6. The van der Waals surface area contributed by atoms with Crippen molar-refractivity contribution in [1.29, 1.82) is 0 Å². The number of hydrogen-bond acceptors (Lipinski definition) is 8. The molecule has 0 aliphatic heterocycles. The van der Waals surface area contributed by atoms with Crippen molar-refractivity contribution in [2.45, 2.75) is 0 Å². The summed E-state index contributed by atoms with van der Waals surface area (Å²) in [7, 11) is 2.81. The minimum Gasteiger partial charge on any atom is -0.493 e. The fraction of sp³-hybridized carbons (Fsp3) is 0.111. The smallest absolute Gasteiger partial charge is 0.320 e. The molecular formula is C18H15N5O7. The van der Waals surface area contributed by atoms with Gasteiger partial charge in [0.15, 0.2) is 11.5 Å². The van der Waals surface area contributed by atoms with Crippen molar-refractivity contribution < 1.29 is 24.1 Å². The molecule has 1 heterocycles. The minimum atomic E-state index is -0.856. The largest absolute Gasteiger partial charge is 0.493 e. The molecule has 0 saturated carbocycles. The second-order valence-corrected chi connectivity index (χ2v) is 5.94. The van der Waals surface area contributed by atoms with Gasteiger partial charge in [0.25, 0.3) is 11.6 Å². The summed E-state index contributed by atoms with van der Waals surface area (Å²) in [5.41, 5.74) is -1.14. The van der Waals surface area contributed by atoms with Crippen LogP contribution in [0.25, 0.3) is 0 Å². The molecular weight excluding hydrogens is 398 g/mol. The van der Waals surface area contributed by atoms with Crippen LogP contribution in [0.1, 0.15) is 10.5 Å². The summed E-state index contributed by atoms with van der Waals surface area (Å²) in [6.07, 6.45) is 0.943. The van der Waals surface area contributed by atoms with E-state index in [1.807, 2.05) is 0 Å². The van der Waals surface area contributed by atoms with Crippen molar-refractivity contribution in [2.24, 2.45) is 7.05 Å². The Bertz CT molecular complexity index is 1140. The van der Waals surface area contributed by atoms with Crippen LogP contribution in [0, 0.1) is 20.2 Å². The molecule has 0 aliphatic carbocycles. The van der Waals surface area contributed by atoms with Crippen molar-refractivity contribution >= 4 is 23.0 Å². The van der Waals surface area contributed by atoms with Gasteiger partial charge in [-0.25, -0.2) is 0 Å². The van der Waals surface area contributed by atoms with Gasteiger partial charge < -0.3 is 14.8 Å². The van der Waals surface area contributed by atoms with Crippen LogP contribution in [0.4, 0.5) is 17.1 Å². The van der Waals surface area contributed by atoms with Crippen LogP contribution in [0.15, 0.2) is 48.7 Å². The van der Waals surface area contributed by atoms with Crippen molar-refractivity contribution in [3.63, 3.8) is 0 Å². The minimum absolute atomic E-state index is 0.00889. The lowest BCUT2D eigenvalue weighted by Gasteiger charge is -2.11. The number of amides is 1. The molecule has 1 amide bonds. The van der Waals surface area contributed by atoms with Gasteiger partial charge in [-0.05, 0) is 12.1 Å². The molecule has 3 aromatic rings. The lowest BCUT2D eigenvalue weighted by atomic mass is 10.2. The fourth-order valence-electron chi connectivity index (χ4n) is 2.66. The number of nitro benzene ring substituents is 1. The first kappa shape index (κ1) is 20.3. The second kappa shape index (κ2) is 8.26. The number of nitrogens with zero attached hydrogens (tertiary/aromatic N) is 4. The number of aryl methyl sites for hydroxylation is 1. The van der Waals surface area contributed by atoms with E-state index < -0.39 is 21.4 Å². The van der Waals surface area contributed by atoms with E-state index >= 15 is 0 Å². The molecule has 0 atom stereocenters. The lowest BCUT2D eigenvalue weighted by Crippen LogP contribution is -2.17. The molecule has 0 aliphatic rings. The van der Waals surface area contributed by atoms with Gasteiger partial charge in [0.1, 0.15) is 11.9 Å². The van der Waals surface area contributed by atoms with Crippen LogP contribution in [-0.4, -0.2) is 32.6 Å². The SMILES string of the molecule is COc1ccccc1Oc1cc(NC(=O)c2c([N+](=O)[O-])cnn2C)cc([N+](=O)[O-])c1. The number of aromatic nitrogens is 2. The van der Waals surface area contributed by atoms with Crippen LogP contribution < -0.4 is 14.8 Å². The molecule has 12 heteroatoms. The Morgan fingerprint density at radius 3 is 2.43 bits per heavy atom. The van der Waals surface area contributed by atoms with Crippen molar-refractivity contribution in [2.75, 3.05) is 12.4 Å². The Kier molecular flexibility index (Phi) is 5.58. The second-order valence-electron chi connectivity index (χ2n) is 5.94. The van der Waals surface area contributed by atoms with Crippen LogP contribution >= 0.6 is 0 Å². The Balaban J connectivity index is 1.95. The lowest BCUT2D eigenvalue weighted by molar-refractivity contribution is -0.385. The first-order valence-electron chi connectivity index (χ1n) is 8.38. The third-order valence-electron chi connectivity index (χ3n) is 3.99. The normalized spacial score (nSPS) is 10.3. The third-order valence-corrected chi connectivity index (χ3v) is 3.99. The number of carbonyl (C=O) groups excluding carboxylic acids is 1. The number of rotatable bonds is 7. The molecule has 0 unspecified atom stereocenters. The number of para-hydroxylation sites is 2. The molecule has 2 aromatic carbocycles. The van der Waals surface area contributed by atoms with E-state index in [0.717, 1.165) is 16.9 Å². The zero-order valence-corrected chi connectivity index (χ0v) is 15.8. The van der Waals surface area contributed by atoms with Gasteiger partial charge in [-0.3, -0.25) is 29.7 Å². The quantitative estimate of drug-likeness (QED) is 0.457. The average molecular weight is 413 g/mol. The Hall–Kier alpha value is -4.48. The van der Waals surface area contributed by atoms with Gasteiger partial charge in [0.05, 0.1) is 28.7 Å². The zero-order valence-electron chi connectivity index (χ0n) is 15.8. The monoisotopic (exact) mass is 413 g/mol. The highest BCUT2D eigenvalue weighted by molar-refractivity contribution is 6.06. The van der Waals surface area contributed by atoms with Gasteiger partial charge in [0.2, 0.25) is 5.69 Å². The summed E-state index contributed by atoms with van der Waals surface area (Å²) in [6.45, 7) is 0. The highest BCUT2D eigenvalue weighted by Crippen LogP contribution is 2.34. The van der Waals surface area contributed by atoms with E-state index in [4.69, 9.17) is 9.47 Å². The molecule has 0 bridgehead atoms. The number of carbonyl (C=O) groups is 1. The van der Waals surface area contributed by atoms with Crippen molar-refractivity contribution in [3.05, 3.63) is 74.6 Å². The Morgan fingerprint density at radius 1 is 1.10 bits per heavy atom. The molecule has 3 rings (SSSR count). The van der Waals surface area contributed by atoms with Gasteiger partial charge >= 0.3 is 5.69 Å². The fourth-order valence-corrected chi connectivity index (χ4v) is 2.66. The molecule has 0 fully saturated rings. The van der Waals surface area contributed by atoms with E-state index in [-0.39, 0.29) is 22.8 Å². The summed E-state index contributed by atoms with van der Waals surface area (Å²) in [5.74, 6) is -0.0888. The number of hydrogen-bond donors (Lipinski definition) is 1. The zero-order chi connectivity index (χ0) is 21.8. The first-order chi connectivity index (χ1) is 14.3. The van der Waals surface area contributed by atoms with E-state index in [9.17, 15) is 25.0 Å². The molecule has 30 heavy (non-hydrogen) atoms. The van der Waals surface area contributed by atoms with Gasteiger partial charge in [-0.2, -0.15) is 5.10 Å². The van der Waals surface area contributed by atoms with Crippen LogP contribution in [0.5, 0.6) is 17.2 Å². The first-order valence-corrected chi connectivity index (χ1v) is 8.38.